The van der Waals surface area contributed by atoms with Crippen molar-refractivity contribution >= 4 is 70.4 Å². The Morgan fingerprint density at radius 1 is 0.453 bits per heavy atom. The lowest BCUT2D eigenvalue weighted by atomic mass is 9.63. The number of aromatic nitrogens is 1. The van der Waals surface area contributed by atoms with E-state index in [1.165, 1.54) is 82.8 Å². The molecule has 0 aliphatic heterocycles. The van der Waals surface area contributed by atoms with Crippen molar-refractivity contribution in [1.82, 2.24) is 4.57 Å². The standard InChI is InChI=1S/C50H42N2S/c1-49(2)28-29-50(3,4)44-30-36(24-27-43(44)49)52-45-16-10-8-14-39(45)40-25-22-37(31-46(40)52)51(35-20-18-34(19-21-35)33-12-6-5-7-13-33)38-23-26-42-41-15-9-11-17-47(41)53-48(42)32-38/h5-27,30-32H,28-29H2,1-4H3. The molecule has 0 spiro atoms. The third kappa shape index (κ3) is 5.21. The highest BCUT2D eigenvalue weighted by atomic mass is 32.1. The van der Waals surface area contributed by atoms with Crippen molar-refractivity contribution in [3.8, 4) is 16.8 Å². The van der Waals surface area contributed by atoms with Crippen LogP contribution in [-0.4, -0.2) is 4.57 Å². The zero-order valence-corrected chi connectivity index (χ0v) is 31.5. The Morgan fingerprint density at radius 2 is 1.04 bits per heavy atom. The van der Waals surface area contributed by atoms with Crippen molar-refractivity contribution in [3.05, 3.63) is 169 Å². The molecule has 0 bridgehead atoms. The molecule has 0 saturated carbocycles. The van der Waals surface area contributed by atoms with Crippen LogP contribution in [0.1, 0.15) is 51.7 Å². The highest BCUT2D eigenvalue weighted by Crippen LogP contribution is 2.48. The quantitative estimate of drug-likeness (QED) is 0.173. The molecule has 7 aromatic carbocycles. The molecule has 0 saturated heterocycles. The van der Waals surface area contributed by atoms with E-state index in [0.29, 0.717) is 0 Å². The Balaban J connectivity index is 1.19. The van der Waals surface area contributed by atoms with E-state index < -0.39 is 0 Å². The molecule has 0 atom stereocenters. The summed E-state index contributed by atoms with van der Waals surface area (Å²) in [4.78, 5) is 2.43. The maximum Gasteiger partial charge on any atom is 0.0561 e. The number of hydrogen-bond acceptors (Lipinski definition) is 2. The van der Waals surface area contributed by atoms with Gasteiger partial charge in [0, 0.05) is 53.7 Å². The van der Waals surface area contributed by atoms with Gasteiger partial charge < -0.3 is 9.47 Å². The van der Waals surface area contributed by atoms with E-state index >= 15 is 0 Å². The van der Waals surface area contributed by atoms with Gasteiger partial charge in [0.05, 0.1) is 11.0 Å². The van der Waals surface area contributed by atoms with Gasteiger partial charge >= 0.3 is 0 Å². The molecule has 10 rings (SSSR count). The van der Waals surface area contributed by atoms with E-state index in [-0.39, 0.29) is 10.8 Å². The monoisotopic (exact) mass is 702 g/mol. The number of nitrogens with zero attached hydrogens (tertiary/aromatic N) is 2. The van der Waals surface area contributed by atoms with E-state index in [9.17, 15) is 0 Å². The van der Waals surface area contributed by atoms with Crippen LogP contribution in [0.3, 0.4) is 0 Å². The summed E-state index contributed by atoms with van der Waals surface area (Å²) in [5.41, 5.74) is 12.8. The molecule has 0 N–H and O–H groups in total. The third-order valence-electron chi connectivity index (χ3n) is 11.9. The second kappa shape index (κ2) is 11.9. The van der Waals surface area contributed by atoms with Gasteiger partial charge in [0.25, 0.3) is 0 Å². The van der Waals surface area contributed by atoms with E-state index in [2.05, 4.69) is 195 Å². The first-order valence-corrected chi connectivity index (χ1v) is 19.6. The Morgan fingerprint density at radius 3 is 1.83 bits per heavy atom. The lowest BCUT2D eigenvalue weighted by molar-refractivity contribution is 0.332. The van der Waals surface area contributed by atoms with E-state index in [0.717, 1.165) is 17.1 Å². The lowest BCUT2D eigenvalue weighted by Crippen LogP contribution is -2.33. The minimum Gasteiger partial charge on any atom is -0.310 e. The third-order valence-corrected chi connectivity index (χ3v) is 13.0. The van der Waals surface area contributed by atoms with Crippen molar-refractivity contribution in [2.45, 2.75) is 51.4 Å². The topological polar surface area (TPSA) is 8.17 Å². The number of anilines is 3. The number of thiophene rings is 1. The van der Waals surface area contributed by atoms with Gasteiger partial charge in [-0.1, -0.05) is 125 Å². The molecule has 9 aromatic rings. The van der Waals surface area contributed by atoms with Gasteiger partial charge in [-0.3, -0.25) is 0 Å². The fourth-order valence-electron chi connectivity index (χ4n) is 8.83. The van der Waals surface area contributed by atoms with Gasteiger partial charge in [0.1, 0.15) is 0 Å². The Kier molecular flexibility index (Phi) is 7.22. The normalized spacial score (nSPS) is 14.9. The summed E-state index contributed by atoms with van der Waals surface area (Å²) in [6.45, 7) is 9.65. The first kappa shape index (κ1) is 32.0. The molecule has 2 aromatic heterocycles. The molecule has 1 aliphatic rings. The van der Waals surface area contributed by atoms with Gasteiger partial charge in [-0.15, -0.1) is 11.3 Å². The molecule has 3 heteroatoms. The molecule has 0 unspecified atom stereocenters. The number of benzene rings is 7. The second-order valence-electron chi connectivity index (χ2n) is 16.1. The average molecular weight is 703 g/mol. The van der Waals surface area contributed by atoms with E-state index in [1.54, 1.807) is 0 Å². The number of para-hydroxylation sites is 1. The Labute approximate surface area is 315 Å². The van der Waals surface area contributed by atoms with Crippen molar-refractivity contribution in [3.63, 3.8) is 0 Å². The largest absolute Gasteiger partial charge is 0.310 e. The molecule has 2 heterocycles. The summed E-state index contributed by atoms with van der Waals surface area (Å²) in [5.74, 6) is 0. The minimum absolute atomic E-state index is 0.124. The number of fused-ring (bicyclic) bond motifs is 7. The number of rotatable bonds is 5. The molecule has 53 heavy (non-hydrogen) atoms. The molecule has 1 aliphatic carbocycles. The van der Waals surface area contributed by atoms with E-state index in [1.807, 2.05) is 11.3 Å². The van der Waals surface area contributed by atoms with Crippen LogP contribution >= 0.6 is 11.3 Å². The van der Waals surface area contributed by atoms with Crippen molar-refractivity contribution in [2.24, 2.45) is 0 Å². The highest BCUT2D eigenvalue weighted by molar-refractivity contribution is 7.25. The van der Waals surface area contributed by atoms with Crippen molar-refractivity contribution in [1.29, 1.82) is 0 Å². The van der Waals surface area contributed by atoms with Crippen LogP contribution in [0.2, 0.25) is 0 Å². The maximum atomic E-state index is 2.50. The molecule has 0 amide bonds. The molecule has 0 fully saturated rings. The van der Waals surface area contributed by atoms with Gasteiger partial charge in [-0.05, 0) is 107 Å². The fourth-order valence-corrected chi connectivity index (χ4v) is 9.97. The fraction of sp³-hybridized carbons (Fsp3) is 0.160. The van der Waals surface area contributed by atoms with Gasteiger partial charge in [0.2, 0.25) is 0 Å². The molecular formula is C50H42N2S. The smallest absolute Gasteiger partial charge is 0.0561 e. The summed E-state index contributed by atoms with van der Waals surface area (Å²) in [7, 11) is 0. The van der Waals surface area contributed by atoms with Crippen LogP contribution in [-0.2, 0) is 10.8 Å². The summed E-state index contributed by atoms with van der Waals surface area (Å²) in [6.07, 6.45) is 2.40. The van der Waals surface area contributed by atoms with Crippen LogP contribution in [0, 0.1) is 0 Å². The zero-order chi connectivity index (χ0) is 35.9. The predicted octanol–water partition coefficient (Wildman–Crippen LogP) is 14.6. The van der Waals surface area contributed by atoms with Crippen molar-refractivity contribution < 1.29 is 0 Å². The van der Waals surface area contributed by atoms with E-state index in [4.69, 9.17) is 0 Å². The van der Waals surface area contributed by atoms with Gasteiger partial charge in [-0.25, -0.2) is 0 Å². The summed E-state index contributed by atoms with van der Waals surface area (Å²) in [6, 6.07) is 58.6. The minimum atomic E-state index is 0.124. The molecule has 2 nitrogen and oxygen atoms in total. The van der Waals surface area contributed by atoms with Crippen LogP contribution in [0.5, 0.6) is 0 Å². The summed E-state index contributed by atoms with van der Waals surface area (Å²) >= 11 is 1.87. The lowest BCUT2D eigenvalue weighted by Gasteiger charge is -2.42. The maximum absolute atomic E-state index is 2.50. The summed E-state index contributed by atoms with van der Waals surface area (Å²) < 4.78 is 5.11. The predicted molar refractivity (Wildman–Crippen MR) is 229 cm³/mol. The molecule has 0 radical (unpaired) electrons. The van der Waals surface area contributed by atoms with Gasteiger partial charge in [-0.2, -0.15) is 0 Å². The highest BCUT2D eigenvalue weighted by Gasteiger charge is 2.37. The zero-order valence-electron chi connectivity index (χ0n) is 30.7. The van der Waals surface area contributed by atoms with Gasteiger partial charge in [0.15, 0.2) is 0 Å². The van der Waals surface area contributed by atoms with Crippen LogP contribution in [0.15, 0.2) is 158 Å². The molecule has 258 valence electrons. The SMILES string of the molecule is CC1(C)CCC(C)(C)c2cc(-n3c4ccccc4c4ccc(N(c5ccc(-c6ccccc6)cc5)c5ccc6c(c5)sc5ccccc56)cc43)ccc21. The molecular weight excluding hydrogens is 661 g/mol. The average Bonchev–Trinajstić information content (AvgIpc) is 3.72. The van der Waals surface area contributed by atoms with Crippen LogP contribution < -0.4 is 4.90 Å². The first-order chi connectivity index (χ1) is 25.7. The van der Waals surface area contributed by atoms with Crippen molar-refractivity contribution in [2.75, 3.05) is 4.90 Å². The van der Waals surface area contributed by atoms with Crippen LogP contribution in [0.25, 0.3) is 58.8 Å². The number of hydrogen-bond donors (Lipinski definition) is 0. The Hall–Kier alpha value is -5.64. The Bertz CT molecular complexity index is 2830. The van der Waals surface area contributed by atoms with Crippen LogP contribution in [0.4, 0.5) is 17.1 Å². The second-order valence-corrected chi connectivity index (χ2v) is 17.2. The summed E-state index contributed by atoms with van der Waals surface area (Å²) in [5, 5.41) is 5.17. The first-order valence-electron chi connectivity index (χ1n) is 18.8.